The molecule has 1 saturated heterocycles. The first kappa shape index (κ1) is 13.4. The molecule has 4 heteroatoms. The highest BCUT2D eigenvalue weighted by Gasteiger charge is 2.16. The van der Waals surface area contributed by atoms with Gasteiger partial charge in [-0.25, -0.2) is 8.78 Å². The van der Waals surface area contributed by atoms with Crippen LogP contribution in [0.5, 0.6) is 0 Å². The van der Waals surface area contributed by atoms with E-state index in [2.05, 4.69) is 4.90 Å². The molecule has 0 aliphatic carbocycles. The number of nitrogens with zero attached hydrogens (tertiary/aromatic N) is 1. The van der Waals surface area contributed by atoms with E-state index >= 15 is 0 Å². The molecule has 1 aliphatic rings. The van der Waals surface area contributed by atoms with Crippen LogP contribution in [0.1, 0.15) is 24.8 Å². The van der Waals surface area contributed by atoms with Crippen molar-refractivity contribution in [1.29, 1.82) is 0 Å². The van der Waals surface area contributed by atoms with Crippen molar-refractivity contribution in [3.8, 4) is 0 Å². The zero-order chi connectivity index (χ0) is 13.0. The van der Waals surface area contributed by atoms with Gasteiger partial charge in [0.1, 0.15) is 0 Å². The van der Waals surface area contributed by atoms with Crippen LogP contribution >= 0.6 is 0 Å². The first-order valence-electron chi connectivity index (χ1n) is 6.49. The summed E-state index contributed by atoms with van der Waals surface area (Å²) in [6.07, 6.45) is 3.22. The summed E-state index contributed by atoms with van der Waals surface area (Å²) >= 11 is 0. The molecule has 1 N–H and O–H groups in total. The summed E-state index contributed by atoms with van der Waals surface area (Å²) in [6, 6.07) is 4.09. The van der Waals surface area contributed by atoms with Gasteiger partial charge >= 0.3 is 0 Å². The largest absolute Gasteiger partial charge is 0.393 e. The Labute approximate surface area is 106 Å². The minimum atomic E-state index is -0.788. The minimum absolute atomic E-state index is 0.146. The highest BCUT2D eigenvalue weighted by molar-refractivity contribution is 5.17. The molecule has 1 aromatic carbocycles. The Hall–Kier alpha value is -1.00. The SMILES string of the molecule is OC1CCN(CCCc2ccc(F)c(F)c2)CC1. The van der Waals surface area contributed by atoms with Gasteiger partial charge in [0.2, 0.25) is 0 Å². The van der Waals surface area contributed by atoms with Crippen molar-refractivity contribution in [3.05, 3.63) is 35.4 Å². The van der Waals surface area contributed by atoms with Crippen LogP contribution in [0, 0.1) is 11.6 Å². The van der Waals surface area contributed by atoms with Gasteiger partial charge in [-0.1, -0.05) is 6.07 Å². The number of likely N-dealkylation sites (tertiary alicyclic amines) is 1. The fourth-order valence-corrected chi connectivity index (χ4v) is 2.34. The summed E-state index contributed by atoms with van der Waals surface area (Å²) in [4.78, 5) is 2.31. The Kier molecular flexibility index (Phi) is 4.66. The molecule has 1 fully saturated rings. The van der Waals surface area contributed by atoms with Crippen molar-refractivity contribution in [2.24, 2.45) is 0 Å². The highest BCUT2D eigenvalue weighted by atomic mass is 19.2. The van der Waals surface area contributed by atoms with Gasteiger partial charge in [0.15, 0.2) is 11.6 Å². The lowest BCUT2D eigenvalue weighted by atomic mass is 10.1. The summed E-state index contributed by atoms with van der Waals surface area (Å²) in [6.45, 7) is 2.81. The molecule has 0 bridgehead atoms. The molecule has 1 aromatic rings. The van der Waals surface area contributed by atoms with Crippen LogP contribution in [0.4, 0.5) is 8.78 Å². The standard InChI is InChI=1S/C14H19F2NO/c15-13-4-3-11(10-14(13)16)2-1-7-17-8-5-12(18)6-9-17/h3-4,10,12,18H,1-2,5-9H2. The number of hydrogen-bond donors (Lipinski definition) is 1. The first-order valence-corrected chi connectivity index (χ1v) is 6.49. The van der Waals surface area contributed by atoms with E-state index in [1.807, 2.05) is 0 Å². The number of rotatable bonds is 4. The van der Waals surface area contributed by atoms with Crippen LogP contribution in [0.2, 0.25) is 0 Å². The molecular weight excluding hydrogens is 236 g/mol. The second-order valence-electron chi connectivity index (χ2n) is 4.92. The van der Waals surface area contributed by atoms with E-state index in [-0.39, 0.29) is 6.10 Å². The number of aryl methyl sites for hydroxylation is 1. The van der Waals surface area contributed by atoms with E-state index in [1.165, 1.54) is 12.1 Å². The minimum Gasteiger partial charge on any atom is -0.393 e. The molecule has 0 radical (unpaired) electrons. The summed E-state index contributed by atoms with van der Waals surface area (Å²) in [5.41, 5.74) is 0.839. The van der Waals surface area contributed by atoms with E-state index < -0.39 is 11.6 Å². The second kappa shape index (κ2) is 6.25. The lowest BCUT2D eigenvalue weighted by molar-refractivity contribution is 0.0821. The summed E-state index contributed by atoms with van der Waals surface area (Å²) in [5, 5.41) is 9.38. The van der Waals surface area contributed by atoms with Gasteiger partial charge in [0.25, 0.3) is 0 Å². The third kappa shape index (κ3) is 3.75. The summed E-state index contributed by atoms with van der Waals surface area (Å²) < 4.78 is 25.7. The van der Waals surface area contributed by atoms with E-state index in [0.29, 0.717) is 0 Å². The maximum atomic E-state index is 13.0. The van der Waals surface area contributed by atoms with Crippen LogP contribution in [0.15, 0.2) is 18.2 Å². The molecule has 0 amide bonds. The summed E-state index contributed by atoms with van der Waals surface area (Å²) in [7, 11) is 0. The van der Waals surface area contributed by atoms with Crippen molar-refractivity contribution in [2.45, 2.75) is 31.8 Å². The fourth-order valence-electron chi connectivity index (χ4n) is 2.34. The van der Waals surface area contributed by atoms with Crippen molar-refractivity contribution >= 4 is 0 Å². The van der Waals surface area contributed by atoms with Crippen LogP contribution in [0.25, 0.3) is 0 Å². The van der Waals surface area contributed by atoms with Crippen LogP contribution < -0.4 is 0 Å². The third-order valence-corrected chi connectivity index (χ3v) is 3.48. The number of hydrogen-bond acceptors (Lipinski definition) is 2. The Morgan fingerprint density at radius 1 is 1.17 bits per heavy atom. The molecule has 0 aromatic heterocycles. The van der Waals surface area contributed by atoms with Gasteiger partial charge in [-0.15, -0.1) is 0 Å². The van der Waals surface area contributed by atoms with Gasteiger partial charge in [-0.3, -0.25) is 0 Å². The molecule has 0 unspecified atom stereocenters. The lowest BCUT2D eigenvalue weighted by Gasteiger charge is -2.29. The van der Waals surface area contributed by atoms with E-state index in [9.17, 15) is 13.9 Å². The molecule has 0 saturated carbocycles. The van der Waals surface area contributed by atoms with Gasteiger partial charge in [-0.05, 0) is 49.9 Å². The van der Waals surface area contributed by atoms with Crippen LogP contribution in [-0.2, 0) is 6.42 Å². The smallest absolute Gasteiger partial charge is 0.159 e. The number of benzene rings is 1. The topological polar surface area (TPSA) is 23.5 Å². The molecular formula is C14H19F2NO. The monoisotopic (exact) mass is 255 g/mol. The molecule has 0 atom stereocenters. The van der Waals surface area contributed by atoms with Crippen molar-refractivity contribution in [3.63, 3.8) is 0 Å². The van der Waals surface area contributed by atoms with Gasteiger partial charge in [0.05, 0.1) is 6.10 Å². The zero-order valence-corrected chi connectivity index (χ0v) is 10.4. The number of aliphatic hydroxyl groups is 1. The predicted octanol–water partition coefficient (Wildman–Crippen LogP) is 2.35. The van der Waals surface area contributed by atoms with Crippen molar-refractivity contribution < 1.29 is 13.9 Å². The van der Waals surface area contributed by atoms with Gasteiger partial charge in [0, 0.05) is 13.1 Å². The molecule has 2 nitrogen and oxygen atoms in total. The van der Waals surface area contributed by atoms with E-state index in [0.717, 1.165) is 50.9 Å². The normalized spacial score (nSPS) is 18.2. The Morgan fingerprint density at radius 3 is 2.56 bits per heavy atom. The first-order chi connectivity index (χ1) is 8.65. The van der Waals surface area contributed by atoms with Crippen LogP contribution in [-0.4, -0.2) is 35.7 Å². The number of halogens is 2. The Bertz CT molecular complexity index is 389. The maximum absolute atomic E-state index is 13.0. The fraction of sp³-hybridized carbons (Fsp3) is 0.571. The molecule has 1 aliphatic heterocycles. The molecule has 0 spiro atoms. The average Bonchev–Trinajstić information content (AvgIpc) is 2.36. The zero-order valence-electron chi connectivity index (χ0n) is 10.4. The van der Waals surface area contributed by atoms with Crippen molar-refractivity contribution in [1.82, 2.24) is 4.90 Å². The molecule has 1 heterocycles. The van der Waals surface area contributed by atoms with Gasteiger partial charge < -0.3 is 10.0 Å². The molecule has 2 rings (SSSR count). The van der Waals surface area contributed by atoms with Crippen LogP contribution in [0.3, 0.4) is 0 Å². The highest BCUT2D eigenvalue weighted by Crippen LogP contribution is 2.13. The molecule has 100 valence electrons. The van der Waals surface area contributed by atoms with E-state index in [1.54, 1.807) is 6.07 Å². The Morgan fingerprint density at radius 2 is 1.89 bits per heavy atom. The Balaban J connectivity index is 1.73. The lowest BCUT2D eigenvalue weighted by Crippen LogP contribution is -2.36. The summed E-state index contributed by atoms with van der Waals surface area (Å²) in [5.74, 6) is -1.56. The quantitative estimate of drug-likeness (QED) is 0.892. The van der Waals surface area contributed by atoms with Crippen molar-refractivity contribution in [2.75, 3.05) is 19.6 Å². The van der Waals surface area contributed by atoms with Gasteiger partial charge in [-0.2, -0.15) is 0 Å². The second-order valence-corrected chi connectivity index (χ2v) is 4.92. The predicted molar refractivity (Wildman–Crippen MR) is 66.4 cm³/mol. The maximum Gasteiger partial charge on any atom is 0.159 e. The average molecular weight is 255 g/mol. The number of aliphatic hydroxyl groups excluding tert-OH is 1. The number of piperidine rings is 1. The molecule has 18 heavy (non-hydrogen) atoms. The van der Waals surface area contributed by atoms with E-state index in [4.69, 9.17) is 0 Å². The third-order valence-electron chi connectivity index (χ3n) is 3.48.